The summed E-state index contributed by atoms with van der Waals surface area (Å²) in [5.74, 6) is 0.0374. The molecule has 0 atom stereocenters. The van der Waals surface area contributed by atoms with Gasteiger partial charge in [-0.25, -0.2) is 9.97 Å². The van der Waals surface area contributed by atoms with E-state index >= 15 is 0 Å². The third kappa shape index (κ3) is 1.96. The molecule has 2 N–H and O–H groups in total. The largest absolute Gasteiger partial charge is 0.364 e. The number of aromatic nitrogens is 3. The molecule has 1 saturated carbocycles. The Morgan fingerprint density at radius 2 is 2.11 bits per heavy atom. The van der Waals surface area contributed by atoms with Gasteiger partial charge in [-0.05, 0) is 12.8 Å². The summed E-state index contributed by atoms with van der Waals surface area (Å²) in [5, 5.41) is 0. The molecule has 1 aliphatic rings. The van der Waals surface area contributed by atoms with Gasteiger partial charge in [-0.3, -0.25) is 9.20 Å². The molecule has 0 bridgehead atoms. The normalized spacial score (nSPS) is 17.1. The molecular weight excluding hydrogens is 228 g/mol. The van der Waals surface area contributed by atoms with Crippen molar-refractivity contribution in [1.82, 2.24) is 14.4 Å². The van der Waals surface area contributed by atoms with Crippen molar-refractivity contribution in [3.63, 3.8) is 0 Å². The van der Waals surface area contributed by atoms with Crippen molar-refractivity contribution >= 4 is 11.6 Å². The minimum Gasteiger partial charge on any atom is -0.364 e. The summed E-state index contributed by atoms with van der Waals surface area (Å²) in [6, 6.07) is 1.65. The minimum atomic E-state index is -0.514. The molecule has 0 aliphatic heterocycles. The molecule has 5 heteroatoms. The Morgan fingerprint density at radius 3 is 2.83 bits per heavy atom. The van der Waals surface area contributed by atoms with E-state index in [0.29, 0.717) is 5.92 Å². The molecular formula is C13H16N4O. The van der Waals surface area contributed by atoms with Crippen LogP contribution in [0.3, 0.4) is 0 Å². The van der Waals surface area contributed by atoms with Gasteiger partial charge < -0.3 is 5.73 Å². The Balaban J connectivity index is 1.97. The molecule has 0 radical (unpaired) electrons. The monoisotopic (exact) mass is 244 g/mol. The summed E-state index contributed by atoms with van der Waals surface area (Å²) < 4.78 is 1.86. The smallest absolute Gasteiger partial charge is 0.267 e. The number of fused-ring (bicyclic) bond motifs is 1. The Hall–Kier alpha value is -1.91. The van der Waals surface area contributed by atoms with Crippen molar-refractivity contribution in [3.8, 4) is 0 Å². The quantitative estimate of drug-likeness (QED) is 0.876. The molecule has 18 heavy (non-hydrogen) atoms. The number of amides is 1. The highest BCUT2D eigenvalue weighted by Gasteiger charge is 2.18. The van der Waals surface area contributed by atoms with Crippen LogP contribution in [0.15, 0.2) is 18.6 Å². The standard InChI is InChI=1S/C13H16N4O/c14-13(18)10-6-12-16-11(7-17(12)8-15-10)9-4-2-1-3-5-9/h6-9H,1-5H2,(H2,14,18). The van der Waals surface area contributed by atoms with Gasteiger partial charge in [0.2, 0.25) is 0 Å². The van der Waals surface area contributed by atoms with Gasteiger partial charge >= 0.3 is 0 Å². The van der Waals surface area contributed by atoms with E-state index in [1.54, 1.807) is 12.4 Å². The molecule has 1 fully saturated rings. The third-order valence-corrected chi connectivity index (χ3v) is 3.64. The molecule has 0 aromatic carbocycles. The molecule has 0 saturated heterocycles. The third-order valence-electron chi connectivity index (χ3n) is 3.64. The van der Waals surface area contributed by atoms with Gasteiger partial charge in [-0.1, -0.05) is 19.3 Å². The average Bonchev–Trinajstić information content (AvgIpc) is 2.82. The summed E-state index contributed by atoms with van der Waals surface area (Å²) in [6.07, 6.45) is 9.93. The molecule has 0 unspecified atom stereocenters. The van der Waals surface area contributed by atoms with Crippen LogP contribution in [0.1, 0.15) is 54.2 Å². The summed E-state index contributed by atoms with van der Waals surface area (Å²) in [4.78, 5) is 19.7. The summed E-state index contributed by atoms with van der Waals surface area (Å²) in [7, 11) is 0. The van der Waals surface area contributed by atoms with E-state index < -0.39 is 5.91 Å². The predicted molar refractivity (Wildman–Crippen MR) is 67.3 cm³/mol. The summed E-state index contributed by atoms with van der Waals surface area (Å²) in [5.41, 5.74) is 7.34. The topological polar surface area (TPSA) is 73.3 Å². The highest BCUT2D eigenvalue weighted by atomic mass is 16.1. The highest BCUT2D eigenvalue weighted by molar-refractivity contribution is 5.91. The first-order valence-electron chi connectivity index (χ1n) is 6.38. The zero-order valence-electron chi connectivity index (χ0n) is 10.2. The van der Waals surface area contributed by atoms with Gasteiger partial charge in [0, 0.05) is 18.2 Å². The molecule has 94 valence electrons. The van der Waals surface area contributed by atoms with E-state index in [2.05, 4.69) is 9.97 Å². The SMILES string of the molecule is NC(=O)c1cc2nc(C3CCCCC3)cn2cn1. The van der Waals surface area contributed by atoms with Crippen LogP contribution in [0.25, 0.3) is 5.65 Å². The highest BCUT2D eigenvalue weighted by Crippen LogP contribution is 2.31. The average molecular weight is 244 g/mol. The number of nitrogens with two attached hydrogens (primary N) is 1. The zero-order valence-corrected chi connectivity index (χ0v) is 10.2. The minimum absolute atomic E-state index is 0.267. The molecule has 5 nitrogen and oxygen atoms in total. The van der Waals surface area contributed by atoms with Crippen LogP contribution < -0.4 is 5.73 Å². The van der Waals surface area contributed by atoms with Crippen molar-refractivity contribution in [3.05, 3.63) is 30.0 Å². The number of hydrogen-bond donors (Lipinski definition) is 1. The van der Waals surface area contributed by atoms with Crippen LogP contribution in [0.2, 0.25) is 0 Å². The Labute approximate surface area is 105 Å². The van der Waals surface area contributed by atoms with E-state index in [9.17, 15) is 4.79 Å². The number of hydrogen-bond acceptors (Lipinski definition) is 3. The first-order valence-corrected chi connectivity index (χ1v) is 6.38. The number of carbonyl (C=O) groups is 1. The van der Waals surface area contributed by atoms with E-state index in [4.69, 9.17) is 5.73 Å². The summed E-state index contributed by atoms with van der Waals surface area (Å²) in [6.45, 7) is 0. The van der Waals surface area contributed by atoms with E-state index in [0.717, 1.165) is 11.3 Å². The first-order chi connectivity index (χ1) is 8.74. The zero-order chi connectivity index (χ0) is 12.5. The van der Waals surface area contributed by atoms with E-state index in [-0.39, 0.29) is 5.69 Å². The molecule has 1 aliphatic carbocycles. The van der Waals surface area contributed by atoms with E-state index in [1.165, 1.54) is 32.1 Å². The second-order valence-corrected chi connectivity index (χ2v) is 4.90. The lowest BCUT2D eigenvalue weighted by atomic mass is 9.87. The molecule has 3 rings (SSSR count). The molecule has 0 spiro atoms. The van der Waals surface area contributed by atoms with Gasteiger partial charge in [0.25, 0.3) is 5.91 Å². The van der Waals surface area contributed by atoms with Crippen LogP contribution >= 0.6 is 0 Å². The molecule has 2 aromatic heterocycles. The number of primary amides is 1. The lowest BCUT2D eigenvalue weighted by molar-refractivity contribution is 0.0995. The number of nitrogens with zero attached hydrogens (tertiary/aromatic N) is 3. The Bertz CT molecular complexity index is 584. The van der Waals surface area contributed by atoms with Crippen molar-refractivity contribution in [2.45, 2.75) is 38.0 Å². The maximum atomic E-state index is 11.1. The van der Waals surface area contributed by atoms with Crippen molar-refractivity contribution < 1.29 is 4.79 Å². The van der Waals surface area contributed by atoms with Gasteiger partial charge in [0.1, 0.15) is 17.7 Å². The lowest BCUT2D eigenvalue weighted by Gasteiger charge is -2.19. The lowest BCUT2D eigenvalue weighted by Crippen LogP contribution is -2.13. The van der Waals surface area contributed by atoms with E-state index in [1.807, 2.05) is 10.6 Å². The van der Waals surface area contributed by atoms with Gasteiger partial charge in [-0.15, -0.1) is 0 Å². The second-order valence-electron chi connectivity index (χ2n) is 4.90. The molecule has 2 aromatic rings. The van der Waals surface area contributed by atoms with Crippen LogP contribution in [-0.2, 0) is 0 Å². The van der Waals surface area contributed by atoms with Gasteiger partial charge in [-0.2, -0.15) is 0 Å². The molecule has 1 amide bonds. The van der Waals surface area contributed by atoms with Crippen LogP contribution in [-0.4, -0.2) is 20.3 Å². The maximum absolute atomic E-state index is 11.1. The van der Waals surface area contributed by atoms with Crippen LogP contribution in [0.5, 0.6) is 0 Å². The second kappa shape index (κ2) is 4.40. The fourth-order valence-corrected chi connectivity index (χ4v) is 2.64. The Morgan fingerprint density at radius 1 is 1.33 bits per heavy atom. The van der Waals surface area contributed by atoms with Crippen molar-refractivity contribution in [2.24, 2.45) is 5.73 Å². The number of carbonyl (C=O) groups excluding carboxylic acids is 1. The number of imidazole rings is 1. The fourth-order valence-electron chi connectivity index (χ4n) is 2.64. The predicted octanol–water partition coefficient (Wildman–Crippen LogP) is 1.88. The maximum Gasteiger partial charge on any atom is 0.267 e. The molecule has 2 heterocycles. The van der Waals surface area contributed by atoms with Crippen LogP contribution in [0.4, 0.5) is 0 Å². The van der Waals surface area contributed by atoms with Gasteiger partial charge in [0.05, 0.1) is 5.69 Å². The van der Waals surface area contributed by atoms with Gasteiger partial charge in [0.15, 0.2) is 0 Å². The Kier molecular flexibility index (Phi) is 2.74. The summed E-state index contributed by atoms with van der Waals surface area (Å²) >= 11 is 0. The first kappa shape index (κ1) is 11.2. The van der Waals surface area contributed by atoms with Crippen molar-refractivity contribution in [2.75, 3.05) is 0 Å². The van der Waals surface area contributed by atoms with Crippen LogP contribution in [0, 0.1) is 0 Å². The van der Waals surface area contributed by atoms with Crippen molar-refractivity contribution in [1.29, 1.82) is 0 Å². The number of rotatable bonds is 2. The fraction of sp³-hybridized carbons (Fsp3) is 0.462.